The number of hydrogen-bond acceptors (Lipinski definition) is 4. The van der Waals surface area contributed by atoms with Crippen molar-refractivity contribution in [2.24, 2.45) is 5.10 Å². The molecule has 2 aliphatic heterocycles. The summed E-state index contributed by atoms with van der Waals surface area (Å²) in [5.74, 6) is 0. The molecule has 23 heavy (non-hydrogen) atoms. The average molecular weight is 391 g/mol. The lowest BCUT2D eigenvalue weighted by molar-refractivity contribution is 0.285. The second-order valence-electron chi connectivity index (χ2n) is 5.53. The van der Waals surface area contributed by atoms with Crippen LogP contribution in [0.15, 0.2) is 63.3 Å². The SMILES string of the molecule is ON1C2=C(Cc3ccc(Cl)cc31)CN(c1ccc(Br)cc1)N=C2. The average Bonchev–Trinajstić information content (AvgIpc) is 2.56. The lowest BCUT2D eigenvalue weighted by atomic mass is 9.96. The predicted octanol–water partition coefficient (Wildman–Crippen LogP) is 4.61. The van der Waals surface area contributed by atoms with E-state index in [2.05, 4.69) is 21.0 Å². The van der Waals surface area contributed by atoms with Crippen molar-refractivity contribution in [1.82, 2.24) is 0 Å². The Balaban J connectivity index is 1.65. The van der Waals surface area contributed by atoms with Crippen molar-refractivity contribution in [3.8, 4) is 0 Å². The van der Waals surface area contributed by atoms with Gasteiger partial charge >= 0.3 is 0 Å². The Labute approximate surface area is 147 Å². The Morgan fingerprint density at radius 3 is 2.70 bits per heavy atom. The summed E-state index contributed by atoms with van der Waals surface area (Å²) in [4.78, 5) is 0. The zero-order chi connectivity index (χ0) is 16.0. The standard InChI is InChI=1S/C17H13BrClN3O/c18-13-2-5-15(6-3-13)21-10-12-7-11-1-4-14(19)8-16(11)22(23)17(12)9-20-21/h1-6,8-9,23H,7,10H2. The number of nitrogens with zero attached hydrogens (tertiary/aromatic N) is 3. The highest BCUT2D eigenvalue weighted by Gasteiger charge is 2.27. The molecule has 0 saturated carbocycles. The molecule has 2 aromatic carbocycles. The number of hydroxylamine groups is 1. The topological polar surface area (TPSA) is 39.1 Å². The van der Waals surface area contributed by atoms with Crippen LogP contribution in [0.2, 0.25) is 5.02 Å². The molecule has 0 aromatic heterocycles. The first-order valence-corrected chi connectivity index (χ1v) is 8.35. The molecular formula is C17H13BrClN3O. The van der Waals surface area contributed by atoms with E-state index in [1.54, 1.807) is 12.3 Å². The number of hydrazone groups is 1. The highest BCUT2D eigenvalue weighted by molar-refractivity contribution is 9.10. The van der Waals surface area contributed by atoms with Crippen molar-refractivity contribution in [2.45, 2.75) is 6.42 Å². The van der Waals surface area contributed by atoms with E-state index in [1.807, 2.05) is 41.4 Å². The summed E-state index contributed by atoms with van der Waals surface area (Å²) in [7, 11) is 0. The molecule has 0 unspecified atom stereocenters. The molecule has 2 aromatic rings. The number of anilines is 2. The normalized spacial score (nSPS) is 16.5. The van der Waals surface area contributed by atoms with Crippen LogP contribution >= 0.6 is 27.5 Å². The molecule has 0 atom stereocenters. The van der Waals surface area contributed by atoms with Gasteiger partial charge in [-0.25, -0.2) is 5.06 Å². The zero-order valence-corrected chi connectivity index (χ0v) is 14.4. The van der Waals surface area contributed by atoms with Gasteiger partial charge in [0.25, 0.3) is 0 Å². The molecule has 0 bridgehead atoms. The third-order valence-electron chi connectivity index (χ3n) is 4.05. The van der Waals surface area contributed by atoms with Gasteiger partial charge in [-0.15, -0.1) is 0 Å². The predicted molar refractivity (Wildman–Crippen MR) is 96.4 cm³/mol. The monoisotopic (exact) mass is 389 g/mol. The molecule has 0 radical (unpaired) electrons. The van der Waals surface area contributed by atoms with Crippen LogP contribution in [0.25, 0.3) is 0 Å². The van der Waals surface area contributed by atoms with Crippen LogP contribution in [0, 0.1) is 0 Å². The summed E-state index contributed by atoms with van der Waals surface area (Å²) < 4.78 is 1.03. The molecule has 4 rings (SSSR count). The maximum atomic E-state index is 10.5. The van der Waals surface area contributed by atoms with Gasteiger partial charge in [0.05, 0.1) is 29.8 Å². The third-order valence-corrected chi connectivity index (χ3v) is 4.82. The minimum Gasteiger partial charge on any atom is -0.283 e. The van der Waals surface area contributed by atoms with E-state index in [0.29, 0.717) is 11.6 Å². The van der Waals surface area contributed by atoms with E-state index in [9.17, 15) is 5.21 Å². The fourth-order valence-electron chi connectivity index (χ4n) is 2.88. The van der Waals surface area contributed by atoms with Gasteiger partial charge in [0.15, 0.2) is 0 Å². The molecule has 4 nitrogen and oxygen atoms in total. The summed E-state index contributed by atoms with van der Waals surface area (Å²) >= 11 is 9.47. The van der Waals surface area contributed by atoms with Crippen LogP contribution in [-0.4, -0.2) is 18.0 Å². The molecule has 0 amide bonds. The van der Waals surface area contributed by atoms with Gasteiger partial charge in [-0.1, -0.05) is 33.6 Å². The highest BCUT2D eigenvalue weighted by Crippen LogP contribution is 2.35. The molecule has 1 N–H and O–H groups in total. The number of fused-ring (bicyclic) bond motifs is 1. The molecule has 6 heteroatoms. The quantitative estimate of drug-likeness (QED) is 0.772. The van der Waals surface area contributed by atoms with Crippen LogP contribution in [-0.2, 0) is 6.42 Å². The smallest absolute Gasteiger partial charge is 0.0907 e. The fraction of sp³-hybridized carbons (Fsp3) is 0.118. The molecule has 0 aliphatic carbocycles. The molecule has 2 aliphatic rings. The van der Waals surface area contributed by atoms with E-state index >= 15 is 0 Å². The van der Waals surface area contributed by atoms with E-state index < -0.39 is 0 Å². The number of hydrogen-bond donors (Lipinski definition) is 1. The molecule has 0 fully saturated rings. The van der Waals surface area contributed by atoms with Crippen LogP contribution in [0.3, 0.4) is 0 Å². The Bertz CT molecular complexity index is 832. The van der Waals surface area contributed by atoms with Gasteiger partial charge in [0.1, 0.15) is 0 Å². The van der Waals surface area contributed by atoms with Gasteiger partial charge in [-0.2, -0.15) is 5.10 Å². The summed E-state index contributed by atoms with van der Waals surface area (Å²) in [6, 6.07) is 13.6. The molecule has 2 heterocycles. The maximum absolute atomic E-state index is 10.5. The Morgan fingerprint density at radius 1 is 1.13 bits per heavy atom. The Hall–Kier alpha value is -1.82. The first-order chi connectivity index (χ1) is 11.1. The highest BCUT2D eigenvalue weighted by atomic mass is 79.9. The maximum Gasteiger partial charge on any atom is 0.0907 e. The van der Waals surface area contributed by atoms with Crippen LogP contribution in [0.4, 0.5) is 11.4 Å². The number of benzene rings is 2. The number of allylic oxidation sites excluding steroid dienone is 1. The van der Waals surface area contributed by atoms with Gasteiger partial charge in [-0.05, 0) is 54.0 Å². The summed E-state index contributed by atoms with van der Waals surface area (Å²) in [6.45, 7) is 0.645. The van der Waals surface area contributed by atoms with Crippen LogP contribution in [0.5, 0.6) is 0 Å². The molecule has 0 saturated heterocycles. The van der Waals surface area contributed by atoms with Crippen molar-refractivity contribution >= 4 is 45.1 Å². The lowest BCUT2D eigenvalue weighted by Crippen LogP contribution is -2.34. The van der Waals surface area contributed by atoms with Crippen LogP contribution in [0.1, 0.15) is 5.56 Å². The molecule has 0 spiro atoms. The molecule has 116 valence electrons. The van der Waals surface area contributed by atoms with E-state index in [-0.39, 0.29) is 0 Å². The molecular weight excluding hydrogens is 378 g/mol. The van der Waals surface area contributed by atoms with Gasteiger partial charge in [-0.3, -0.25) is 10.2 Å². The van der Waals surface area contributed by atoms with E-state index in [0.717, 1.165) is 39.1 Å². The summed E-state index contributed by atoms with van der Waals surface area (Å²) in [5, 5.41) is 18.7. The van der Waals surface area contributed by atoms with Crippen molar-refractivity contribution in [1.29, 1.82) is 0 Å². The first kappa shape index (κ1) is 14.8. The van der Waals surface area contributed by atoms with Crippen molar-refractivity contribution in [2.75, 3.05) is 16.6 Å². The van der Waals surface area contributed by atoms with Gasteiger partial charge in [0.2, 0.25) is 0 Å². The van der Waals surface area contributed by atoms with Crippen LogP contribution < -0.4 is 10.1 Å². The van der Waals surface area contributed by atoms with E-state index in [1.165, 1.54) is 5.06 Å². The number of halogens is 2. The Kier molecular flexibility index (Phi) is 3.64. The van der Waals surface area contributed by atoms with Gasteiger partial charge in [0, 0.05) is 9.50 Å². The first-order valence-electron chi connectivity index (χ1n) is 7.18. The second kappa shape index (κ2) is 5.67. The largest absolute Gasteiger partial charge is 0.283 e. The minimum absolute atomic E-state index is 0.607. The third kappa shape index (κ3) is 2.65. The summed E-state index contributed by atoms with van der Waals surface area (Å²) in [5.41, 5.74) is 4.65. The minimum atomic E-state index is 0.607. The summed E-state index contributed by atoms with van der Waals surface area (Å²) in [6.07, 6.45) is 2.47. The van der Waals surface area contributed by atoms with E-state index in [4.69, 9.17) is 11.6 Å². The second-order valence-corrected chi connectivity index (χ2v) is 6.88. The number of rotatable bonds is 1. The van der Waals surface area contributed by atoms with Gasteiger partial charge < -0.3 is 0 Å². The van der Waals surface area contributed by atoms with Crippen molar-refractivity contribution in [3.63, 3.8) is 0 Å². The van der Waals surface area contributed by atoms with Crippen molar-refractivity contribution < 1.29 is 5.21 Å². The zero-order valence-electron chi connectivity index (χ0n) is 12.1. The Morgan fingerprint density at radius 2 is 1.91 bits per heavy atom. The lowest BCUT2D eigenvalue weighted by Gasteiger charge is -2.34. The van der Waals surface area contributed by atoms with Crippen molar-refractivity contribution in [3.05, 3.63) is 68.8 Å². The fourth-order valence-corrected chi connectivity index (χ4v) is 3.31.